The molecule has 2 aromatic carbocycles. The van der Waals surface area contributed by atoms with Crippen molar-refractivity contribution in [3.63, 3.8) is 0 Å². The quantitative estimate of drug-likeness (QED) is 0.236. The Labute approximate surface area is 162 Å². The van der Waals surface area contributed by atoms with Crippen molar-refractivity contribution in [2.75, 3.05) is 13.2 Å². The van der Waals surface area contributed by atoms with Crippen molar-refractivity contribution in [1.82, 2.24) is 0 Å². The molecule has 0 unspecified atom stereocenters. The molecule has 0 atom stereocenters. The third kappa shape index (κ3) is 6.28. The Hall–Kier alpha value is -3.61. The lowest BCUT2D eigenvalue weighted by Crippen LogP contribution is -2.16. The molecule has 0 aliphatic carbocycles. The van der Waals surface area contributed by atoms with Crippen LogP contribution in [0.15, 0.2) is 55.1 Å². The molecule has 0 aliphatic heterocycles. The first-order valence-electron chi connectivity index (χ1n) is 8.42. The maximum atomic E-state index is 12.2. The van der Waals surface area contributed by atoms with Gasteiger partial charge in [-0.25, -0.2) is 14.4 Å². The second-order valence-electron chi connectivity index (χ2n) is 5.75. The Morgan fingerprint density at radius 1 is 0.929 bits per heavy atom. The van der Waals surface area contributed by atoms with Gasteiger partial charge in [0, 0.05) is 6.08 Å². The lowest BCUT2D eigenvalue weighted by atomic mass is 10.1. The minimum absolute atomic E-state index is 0.108. The smallest absolute Gasteiger partial charge is 0.459 e. The molecule has 0 heterocycles. The van der Waals surface area contributed by atoms with Crippen molar-refractivity contribution in [3.05, 3.63) is 71.8 Å². The summed E-state index contributed by atoms with van der Waals surface area (Å²) >= 11 is 0. The molecule has 0 saturated heterocycles. The number of hydrogen-bond donors (Lipinski definition) is 0. The van der Waals surface area contributed by atoms with Gasteiger partial charge in [-0.2, -0.15) is 0 Å². The molecule has 0 aromatic heterocycles. The summed E-state index contributed by atoms with van der Waals surface area (Å²) in [6, 6.07) is 11.3. The van der Waals surface area contributed by atoms with Crippen LogP contribution in [0, 0.1) is 13.8 Å². The number of aryl methyl sites for hydroxylation is 2. The Balaban J connectivity index is 1.85. The van der Waals surface area contributed by atoms with E-state index < -0.39 is 18.1 Å². The Kier molecular flexibility index (Phi) is 7.33. The number of carbonyl (C=O) groups is 3. The summed E-state index contributed by atoms with van der Waals surface area (Å²) in [5, 5.41) is 0. The summed E-state index contributed by atoms with van der Waals surface area (Å²) in [6.07, 6.45) is 0.0469. The molecular weight excluding hydrogens is 364 g/mol. The molecular formula is C21H20O7. The Bertz CT molecular complexity index is 869. The average molecular weight is 384 g/mol. The topological polar surface area (TPSA) is 88.1 Å². The van der Waals surface area contributed by atoms with Crippen LogP contribution in [-0.2, 0) is 14.3 Å². The van der Waals surface area contributed by atoms with E-state index >= 15 is 0 Å². The first-order valence-corrected chi connectivity index (χ1v) is 8.42. The molecule has 0 aliphatic rings. The number of benzene rings is 2. The number of rotatable bonds is 7. The van der Waals surface area contributed by atoms with E-state index in [1.807, 2.05) is 26.0 Å². The minimum atomic E-state index is -0.958. The largest absolute Gasteiger partial charge is 0.513 e. The highest BCUT2D eigenvalue weighted by Crippen LogP contribution is 2.21. The van der Waals surface area contributed by atoms with Gasteiger partial charge in [-0.15, -0.1) is 0 Å². The zero-order valence-electron chi connectivity index (χ0n) is 15.6. The summed E-state index contributed by atoms with van der Waals surface area (Å²) in [4.78, 5) is 34.6. The van der Waals surface area contributed by atoms with Crippen LogP contribution in [0.1, 0.15) is 21.5 Å². The highest BCUT2D eigenvalue weighted by Gasteiger charge is 2.12. The van der Waals surface area contributed by atoms with Crippen molar-refractivity contribution >= 4 is 18.1 Å². The molecule has 0 spiro atoms. The van der Waals surface area contributed by atoms with Crippen LogP contribution in [0.5, 0.6) is 11.5 Å². The Morgan fingerprint density at radius 3 is 2.25 bits per heavy atom. The van der Waals surface area contributed by atoms with Gasteiger partial charge in [0.2, 0.25) is 0 Å². The van der Waals surface area contributed by atoms with E-state index in [2.05, 4.69) is 11.3 Å². The number of ether oxygens (including phenoxy) is 4. The predicted molar refractivity (Wildman–Crippen MR) is 100 cm³/mol. The summed E-state index contributed by atoms with van der Waals surface area (Å²) < 4.78 is 19.8. The van der Waals surface area contributed by atoms with E-state index in [-0.39, 0.29) is 19.0 Å². The molecule has 7 heteroatoms. The number of carbonyl (C=O) groups excluding carboxylic acids is 3. The fourth-order valence-electron chi connectivity index (χ4n) is 2.18. The normalized spacial score (nSPS) is 9.93. The zero-order valence-corrected chi connectivity index (χ0v) is 15.6. The molecule has 0 amide bonds. The Morgan fingerprint density at radius 2 is 1.61 bits per heavy atom. The summed E-state index contributed by atoms with van der Waals surface area (Å²) in [5.74, 6) is -0.460. The van der Waals surface area contributed by atoms with Gasteiger partial charge in [-0.3, -0.25) is 0 Å². The van der Waals surface area contributed by atoms with E-state index in [9.17, 15) is 14.4 Å². The number of esters is 2. The monoisotopic (exact) mass is 384 g/mol. The lowest BCUT2D eigenvalue weighted by molar-refractivity contribution is -0.138. The highest BCUT2D eigenvalue weighted by molar-refractivity contribution is 5.91. The van der Waals surface area contributed by atoms with E-state index in [4.69, 9.17) is 14.2 Å². The zero-order chi connectivity index (χ0) is 20.5. The summed E-state index contributed by atoms with van der Waals surface area (Å²) in [6.45, 7) is 6.79. The molecule has 146 valence electrons. The minimum Gasteiger partial charge on any atom is -0.459 e. The van der Waals surface area contributed by atoms with Gasteiger partial charge in [0.1, 0.15) is 24.7 Å². The van der Waals surface area contributed by atoms with Crippen LogP contribution in [0.4, 0.5) is 4.79 Å². The molecule has 0 bridgehead atoms. The van der Waals surface area contributed by atoms with Crippen LogP contribution >= 0.6 is 0 Å². The molecule has 28 heavy (non-hydrogen) atoms. The average Bonchev–Trinajstić information content (AvgIpc) is 2.67. The molecule has 2 rings (SSSR count). The summed E-state index contributed by atoms with van der Waals surface area (Å²) in [5.41, 5.74) is 2.23. The van der Waals surface area contributed by atoms with E-state index in [1.54, 1.807) is 6.07 Å². The second kappa shape index (κ2) is 9.91. The second-order valence-corrected chi connectivity index (χ2v) is 5.75. The SMILES string of the molecule is C=CC(=O)OCCOC(=O)Oc1ccc(C(=O)Oc2ccc(C)cc2C)cc1. The van der Waals surface area contributed by atoms with Gasteiger partial charge < -0.3 is 18.9 Å². The third-order valence-electron chi connectivity index (χ3n) is 3.54. The fraction of sp³-hybridized carbons (Fsp3) is 0.190. The van der Waals surface area contributed by atoms with Gasteiger partial charge in [0.25, 0.3) is 0 Å². The highest BCUT2D eigenvalue weighted by atomic mass is 16.7. The maximum Gasteiger partial charge on any atom is 0.513 e. The first-order chi connectivity index (χ1) is 13.4. The molecule has 2 aromatic rings. The van der Waals surface area contributed by atoms with Crippen LogP contribution in [0.3, 0.4) is 0 Å². The number of hydrogen-bond acceptors (Lipinski definition) is 7. The van der Waals surface area contributed by atoms with E-state index in [0.29, 0.717) is 11.3 Å². The van der Waals surface area contributed by atoms with Gasteiger partial charge >= 0.3 is 18.1 Å². The van der Waals surface area contributed by atoms with Crippen molar-refractivity contribution in [3.8, 4) is 11.5 Å². The first kappa shape index (κ1) is 20.7. The van der Waals surface area contributed by atoms with E-state index in [0.717, 1.165) is 17.2 Å². The van der Waals surface area contributed by atoms with Crippen molar-refractivity contribution in [2.24, 2.45) is 0 Å². The third-order valence-corrected chi connectivity index (χ3v) is 3.54. The standard InChI is InChI=1S/C21H20O7/c1-4-19(22)25-11-12-26-21(24)27-17-8-6-16(7-9-17)20(23)28-18-10-5-14(2)13-15(18)3/h4-10,13H,1,11-12H2,2-3H3. The van der Waals surface area contributed by atoms with Gasteiger partial charge in [0.15, 0.2) is 0 Å². The van der Waals surface area contributed by atoms with Crippen LogP contribution in [0.25, 0.3) is 0 Å². The van der Waals surface area contributed by atoms with Crippen LogP contribution < -0.4 is 9.47 Å². The van der Waals surface area contributed by atoms with Crippen molar-refractivity contribution < 1.29 is 33.3 Å². The predicted octanol–water partition coefficient (Wildman–Crippen LogP) is 3.77. The van der Waals surface area contributed by atoms with Crippen molar-refractivity contribution in [2.45, 2.75) is 13.8 Å². The summed E-state index contributed by atoms with van der Waals surface area (Å²) in [7, 11) is 0. The van der Waals surface area contributed by atoms with Gasteiger partial charge in [-0.1, -0.05) is 24.3 Å². The van der Waals surface area contributed by atoms with Crippen LogP contribution in [0.2, 0.25) is 0 Å². The molecule has 0 fully saturated rings. The van der Waals surface area contributed by atoms with Gasteiger partial charge in [0.05, 0.1) is 5.56 Å². The van der Waals surface area contributed by atoms with Crippen molar-refractivity contribution in [1.29, 1.82) is 0 Å². The van der Waals surface area contributed by atoms with E-state index in [1.165, 1.54) is 24.3 Å². The molecule has 0 N–H and O–H groups in total. The molecule has 0 radical (unpaired) electrons. The molecule has 0 saturated carbocycles. The fourth-order valence-corrected chi connectivity index (χ4v) is 2.18. The maximum absolute atomic E-state index is 12.2. The lowest BCUT2D eigenvalue weighted by Gasteiger charge is -2.09. The molecule has 7 nitrogen and oxygen atoms in total. The van der Waals surface area contributed by atoms with Crippen LogP contribution in [-0.4, -0.2) is 31.3 Å². The van der Waals surface area contributed by atoms with Gasteiger partial charge in [-0.05, 0) is 49.7 Å².